The van der Waals surface area contributed by atoms with Crippen molar-refractivity contribution in [3.05, 3.63) is 101 Å². The van der Waals surface area contributed by atoms with Crippen molar-refractivity contribution in [2.24, 2.45) is 0 Å². The molecule has 0 aliphatic carbocycles. The molecular formula is C27H23N3O4. The topological polar surface area (TPSA) is 84.5 Å². The summed E-state index contributed by atoms with van der Waals surface area (Å²) in [4.78, 5) is 27.5. The van der Waals surface area contributed by atoms with E-state index in [1.807, 2.05) is 54.6 Å². The quantitative estimate of drug-likeness (QED) is 0.415. The minimum atomic E-state index is -0.471. The Labute approximate surface area is 196 Å². The van der Waals surface area contributed by atoms with E-state index in [0.717, 1.165) is 16.7 Å². The summed E-state index contributed by atoms with van der Waals surface area (Å²) < 4.78 is 10.8. The third-order valence-corrected chi connectivity index (χ3v) is 5.91. The minimum Gasteiger partial charge on any atom is -0.496 e. The molecule has 2 heterocycles. The second-order valence-corrected chi connectivity index (χ2v) is 7.81. The number of esters is 1. The first kappa shape index (κ1) is 21.5. The van der Waals surface area contributed by atoms with Gasteiger partial charge in [0.1, 0.15) is 11.4 Å². The van der Waals surface area contributed by atoms with Gasteiger partial charge in [0.25, 0.3) is 5.91 Å². The average molecular weight is 453 g/mol. The summed E-state index contributed by atoms with van der Waals surface area (Å²) in [5.41, 5.74) is 4.76. The smallest absolute Gasteiger partial charge is 0.338 e. The lowest BCUT2D eigenvalue weighted by molar-refractivity contribution is 0.0526. The number of rotatable bonds is 6. The zero-order valence-corrected chi connectivity index (χ0v) is 18.8. The van der Waals surface area contributed by atoms with Crippen molar-refractivity contribution >= 4 is 17.6 Å². The fourth-order valence-electron chi connectivity index (χ4n) is 4.39. The fraction of sp³-hybridized carbons (Fsp3) is 0.148. The van der Waals surface area contributed by atoms with Gasteiger partial charge in [-0.3, -0.25) is 14.8 Å². The maximum atomic E-state index is 13.7. The normalized spacial score (nSPS) is 14.7. The lowest BCUT2D eigenvalue weighted by Crippen LogP contribution is -2.29. The number of ether oxygens (including phenoxy) is 2. The summed E-state index contributed by atoms with van der Waals surface area (Å²) in [7, 11) is 1.61. The van der Waals surface area contributed by atoms with E-state index in [4.69, 9.17) is 9.47 Å². The zero-order chi connectivity index (χ0) is 23.7. The number of methoxy groups -OCH3 is 1. The van der Waals surface area contributed by atoms with Crippen LogP contribution in [0.3, 0.4) is 0 Å². The van der Waals surface area contributed by atoms with Crippen LogP contribution in [0, 0.1) is 0 Å². The van der Waals surface area contributed by atoms with Crippen molar-refractivity contribution < 1.29 is 19.1 Å². The van der Waals surface area contributed by atoms with Crippen molar-refractivity contribution in [2.75, 3.05) is 18.6 Å². The highest BCUT2D eigenvalue weighted by atomic mass is 16.5. The Bertz CT molecular complexity index is 1350. The van der Waals surface area contributed by atoms with Gasteiger partial charge in [0.2, 0.25) is 0 Å². The lowest BCUT2D eigenvalue weighted by Gasteiger charge is -2.27. The van der Waals surface area contributed by atoms with Gasteiger partial charge in [-0.25, -0.2) is 4.79 Å². The molecule has 7 heteroatoms. The number of nitrogens with one attached hydrogen (secondary N) is 1. The van der Waals surface area contributed by atoms with Gasteiger partial charge in [-0.15, -0.1) is 0 Å². The van der Waals surface area contributed by atoms with Crippen LogP contribution < -0.4 is 9.64 Å². The molecule has 1 atom stereocenters. The Morgan fingerprint density at radius 1 is 1.00 bits per heavy atom. The second kappa shape index (κ2) is 8.86. The number of amides is 1. The third-order valence-electron chi connectivity index (χ3n) is 5.91. The number of H-pyrrole nitrogens is 1. The van der Waals surface area contributed by atoms with E-state index < -0.39 is 12.0 Å². The minimum absolute atomic E-state index is 0.204. The standard InChI is InChI=1S/C27H23N3O4/c1-3-34-27(32)18-13-15-19(16-14-18)30-25(20-11-7-8-12-21(20)33-2)22-23(17-9-5-4-6-10-17)28-29-24(22)26(30)31/h4-16,25H,3H2,1-2H3,(H,28,29)/t25-/m0/s1. The average Bonchev–Trinajstić information content (AvgIpc) is 3.43. The van der Waals surface area contributed by atoms with E-state index >= 15 is 0 Å². The third kappa shape index (κ3) is 3.51. The van der Waals surface area contributed by atoms with Crippen LogP contribution in [-0.2, 0) is 4.74 Å². The second-order valence-electron chi connectivity index (χ2n) is 7.81. The first-order valence-corrected chi connectivity index (χ1v) is 11.0. The number of hydrogen-bond acceptors (Lipinski definition) is 5. The van der Waals surface area contributed by atoms with Crippen LogP contribution in [0.2, 0.25) is 0 Å². The number of anilines is 1. The lowest BCUT2D eigenvalue weighted by atomic mass is 9.95. The van der Waals surface area contributed by atoms with E-state index in [1.54, 1.807) is 43.2 Å². The highest BCUT2D eigenvalue weighted by Gasteiger charge is 2.44. The number of aromatic nitrogens is 2. The van der Waals surface area contributed by atoms with Gasteiger partial charge in [-0.1, -0.05) is 48.5 Å². The number of aromatic amines is 1. The molecule has 1 N–H and O–H groups in total. The molecule has 4 aromatic rings. The molecule has 170 valence electrons. The summed E-state index contributed by atoms with van der Waals surface area (Å²) in [6.07, 6.45) is 0. The number of benzene rings is 3. The first-order valence-electron chi connectivity index (χ1n) is 11.0. The monoisotopic (exact) mass is 453 g/mol. The number of carbonyl (C=O) groups excluding carboxylic acids is 2. The van der Waals surface area contributed by atoms with Crippen molar-refractivity contribution in [3.8, 4) is 17.0 Å². The van der Waals surface area contributed by atoms with E-state index in [1.165, 1.54) is 0 Å². The molecule has 7 nitrogen and oxygen atoms in total. The van der Waals surface area contributed by atoms with Gasteiger partial charge in [-0.05, 0) is 37.3 Å². The molecule has 1 amide bonds. The van der Waals surface area contributed by atoms with Gasteiger partial charge in [-0.2, -0.15) is 5.10 Å². The Morgan fingerprint density at radius 2 is 1.71 bits per heavy atom. The largest absolute Gasteiger partial charge is 0.496 e. The predicted octanol–water partition coefficient (Wildman–Crippen LogP) is 5.01. The molecule has 1 aromatic heterocycles. The van der Waals surface area contributed by atoms with Crippen LogP contribution in [-0.4, -0.2) is 35.8 Å². The van der Waals surface area contributed by atoms with Crippen LogP contribution >= 0.6 is 0 Å². The molecule has 5 rings (SSSR count). The van der Waals surface area contributed by atoms with Crippen molar-refractivity contribution in [2.45, 2.75) is 13.0 Å². The van der Waals surface area contributed by atoms with Crippen molar-refractivity contribution in [1.82, 2.24) is 10.2 Å². The van der Waals surface area contributed by atoms with Crippen LogP contribution in [0.5, 0.6) is 5.75 Å². The Morgan fingerprint density at radius 3 is 2.41 bits per heavy atom. The SMILES string of the molecule is CCOC(=O)c1ccc(N2C(=O)c3[nH]nc(-c4ccccc4)c3[C@@H]2c2ccccc2OC)cc1. The van der Waals surface area contributed by atoms with Gasteiger partial charge in [0.05, 0.1) is 31.0 Å². The highest BCUT2D eigenvalue weighted by Crippen LogP contribution is 2.47. The van der Waals surface area contributed by atoms with Gasteiger partial charge in [0.15, 0.2) is 0 Å². The molecule has 0 unspecified atom stereocenters. The van der Waals surface area contributed by atoms with E-state index in [9.17, 15) is 9.59 Å². The summed E-state index contributed by atoms with van der Waals surface area (Å²) in [6, 6.07) is 23.8. The van der Waals surface area contributed by atoms with Gasteiger partial charge >= 0.3 is 5.97 Å². The molecule has 0 saturated heterocycles. The van der Waals surface area contributed by atoms with Crippen molar-refractivity contribution in [1.29, 1.82) is 0 Å². The van der Waals surface area contributed by atoms with E-state index in [2.05, 4.69) is 10.2 Å². The van der Waals surface area contributed by atoms with Crippen LogP contribution in [0.15, 0.2) is 78.9 Å². The molecule has 3 aromatic carbocycles. The van der Waals surface area contributed by atoms with Gasteiger partial charge in [0, 0.05) is 22.4 Å². The molecule has 0 radical (unpaired) electrons. The number of hydrogen-bond donors (Lipinski definition) is 1. The highest BCUT2D eigenvalue weighted by molar-refractivity contribution is 6.12. The van der Waals surface area contributed by atoms with E-state index in [-0.39, 0.29) is 5.91 Å². The van der Waals surface area contributed by atoms with E-state index in [0.29, 0.717) is 35.0 Å². The molecule has 1 aliphatic heterocycles. The predicted molar refractivity (Wildman–Crippen MR) is 128 cm³/mol. The Hall–Kier alpha value is -4.39. The maximum absolute atomic E-state index is 13.7. The molecule has 0 fully saturated rings. The first-order chi connectivity index (χ1) is 16.6. The van der Waals surface area contributed by atoms with Crippen molar-refractivity contribution in [3.63, 3.8) is 0 Å². The molecule has 0 spiro atoms. The summed E-state index contributed by atoms with van der Waals surface area (Å²) >= 11 is 0. The number of fused-ring (bicyclic) bond motifs is 1. The van der Waals surface area contributed by atoms with Crippen LogP contribution in [0.25, 0.3) is 11.3 Å². The molecular weight excluding hydrogens is 430 g/mol. The summed E-state index contributed by atoms with van der Waals surface area (Å²) in [5, 5.41) is 7.46. The maximum Gasteiger partial charge on any atom is 0.338 e. The Balaban J connectivity index is 1.66. The molecule has 34 heavy (non-hydrogen) atoms. The van der Waals surface area contributed by atoms with Gasteiger partial charge < -0.3 is 9.47 Å². The fourth-order valence-corrected chi connectivity index (χ4v) is 4.39. The summed E-state index contributed by atoms with van der Waals surface area (Å²) in [6.45, 7) is 2.06. The molecule has 1 aliphatic rings. The number of carbonyl (C=O) groups is 2. The van der Waals surface area contributed by atoms with Crippen LogP contribution in [0.1, 0.15) is 44.9 Å². The molecule has 0 bridgehead atoms. The Kier molecular flexibility index (Phi) is 5.59. The molecule has 0 saturated carbocycles. The summed E-state index contributed by atoms with van der Waals surface area (Å²) in [5.74, 6) is 0.0647. The van der Waals surface area contributed by atoms with Crippen LogP contribution in [0.4, 0.5) is 5.69 Å². The number of nitrogens with zero attached hydrogens (tertiary/aromatic N) is 2. The number of para-hydroxylation sites is 1. The zero-order valence-electron chi connectivity index (χ0n) is 18.8.